The molecule has 0 atom stereocenters. The summed E-state index contributed by atoms with van der Waals surface area (Å²) >= 11 is 3.30. The fourth-order valence-electron chi connectivity index (χ4n) is 0.985. The second kappa shape index (κ2) is 3.18. The normalized spacial score (nSPS) is 10.2. The van der Waals surface area contributed by atoms with Crippen molar-refractivity contribution in [1.29, 1.82) is 0 Å². The largest absolute Gasteiger partial charge is 0.383 e. The Kier molecular flexibility index (Phi) is 2.02. The SMILES string of the molecule is Nc1ncc(-n2cccn2)cc1Br. The van der Waals surface area contributed by atoms with Gasteiger partial charge in [0.05, 0.1) is 16.4 Å². The molecule has 13 heavy (non-hydrogen) atoms. The molecular formula is C8H7BrN4. The third kappa shape index (κ3) is 1.55. The molecule has 0 aliphatic rings. The van der Waals surface area contributed by atoms with Crippen molar-refractivity contribution in [2.45, 2.75) is 0 Å². The number of nitrogens with zero attached hydrogens (tertiary/aromatic N) is 3. The molecule has 0 fully saturated rings. The number of aromatic nitrogens is 3. The van der Waals surface area contributed by atoms with Crippen molar-refractivity contribution in [3.63, 3.8) is 0 Å². The van der Waals surface area contributed by atoms with Gasteiger partial charge in [-0.15, -0.1) is 0 Å². The van der Waals surface area contributed by atoms with Gasteiger partial charge in [0, 0.05) is 12.4 Å². The lowest BCUT2D eigenvalue weighted by Gasteiger charge is -2.02. The second-order valence-corrected chi connectivity index (χ2v) is 3.37. The Labute approximate surface area is 83.5 Å². The Bertz CT molecular complexity index is 410. The quantitative estimate of drug-likeness (QED) is 0.822. The molecule has 0 spiro atoms. The number of nitrogen functional groups attached to an aromatic ring is 1. The number of nitrogens with two attached hydrogens (primary N) is 1. The van der Waals surface area contributed by atoms with Gasteiger partial charge in [-0.3, -0.25) is 0 Å². The lowest BCUT2D eigenvalue weighted by Crippen LogP contribution is -1.98. The molecule has 4 nitrogen and oxygen atoms in total. The van der Waals surface area contributed by atoms with Crippen LogP contribution in [0.3, 0.4) is 0 Å². The number of halogens is 1. The van der Waals surface area contributed by atoms with Crippen LogP contribution in [0.1, 0.15) is 0 Å². The molecule has 0 amide bonds. The molecule has 0 aromatic carbocycles. The van der Waals surface area contributed by atoms with Gasteiger partial charge in [0.15, 0.2) is 0 Å². The highest BCUT2D eigenvalue weighted by atomic mass is 79.9. The highest BCUT2D eigenvalue weighted by Crippen LogP contribution is 2.19. The average molecular weight is 239 g/mol. The summed E-state index contributed by atoms with van der Waals surface area (Å²) < 4.78 is 2.50. The van der Waals surface area contributed by atoms with E-state index in [0.717, 1.165) is 10.2 Å². The molecule has 2 rings (SSSR count). The minimum Gasteiger partial charge on any atom is -0.383 e. The topological polar surface area (TPSA) is 56.7 Å². The zero-order valence-electron chi connectivity index (χ0n) is 6.68. The third-order valence-electron chi connectivity index (χ3n) is 1.62. The first kappa shape index (κ1) is 8.25. The van der Waals surface area contributed by atoms with E-state index in [1.165, 1.54) is 0 Å². The Hall–Kier alpha value is -1.36. The standard InChI is InChI=1S/C8H7BrN4/c9-7-4-6(5-11-8(7)10)13-3-1-2-12-13/h1-5H,(H2,10,11). The summed E-state index contributed by atoms with van der Waals surface area (Å²) in [4.78, 5) is 4.00. The Morgan fingerprint density at radius 2 is 2.31 bits per heavy atom. The molecule has 2 aromatic rings. The van der Waals surface area contributed by atoms with E-state index >= 15 is 0 Å². The first-order valence-electron chi connectivity index (χ1n) is 3.68. The molecule has 2 N–H and O–H groups in total. The van der Waals surface area contributed by atoms with Crippen LogP contribution in [0.15, 0.2) is 35.2 Å². The number of pyridine rings is 1. The summed E-state index contributed by atoms with van der Waals surface area (Å²) in [5, 5.41) is 4.07. The van der Waals surface area contributed by atoms with Crippen LogP contribution in [0.5, 0.6) is 0 Å². The van der Waals surface area contributed by atoms with E-state index in [-0.39, 0.29) is 0 Å². The molecule has 0 saturated heterocycles. The van der Waals surface area contributed by atoms with Crippen LogP contribution in [0, 0.1) is 0 Å². The van der Waals surface area contributed by atoms with Crippen molar-refractivity contribution in [3.8, 4) is 5.69 Å². The Morgan fingerprint density at radius 1 is 1.46 bits per heavy atom. The van der Waals surface area contributed by atoms with Crippen molar-refractivity contribution >= 4 is 21.7 Å². The lowest BCUT2D eigenvalue weighted by molar-refractivity contribution is 0.873. The monoisotopic (exact) mass is 238 g/mol. The van der Waals surface area contributed by atoms with Crippen molar-refractivity contribution < 1.29 is 0 Å². The van der Waals surface area contributed by atoms with Gasteiger partial charge < -0.3 is 5.73 Å². The molecule has 0 unspecified atom stereocenters. The predicted octanol–water partition coefficient (Wildman–Crippen LogP) is 1.61. The van der Waals surface area contributed by atoms with Gasteiger partial charge in [0.2, 0.25) is 0 Å². The maximum atomic E-state index is 5.55. The zero-order chi connectivity index (χ0) is 9.26. The van der Waals surface area contributed by atoms with Gasteiger partial charge in [0.1, 0.15) is 5.82 Å². The maximum absolute atomic E-state index is 5.55. The van der Waals surface area contributed by atoms with E-state index in [4.69, 9.17) is 5.73 Å². The van der Waals surface area contributed by atoms with Crippen molar-refractivity contribution in [2.24, 2.45) is 0 Å². The van der Waals surface area contributed by atoms with Crippen molar-refractivity contribution in [1.82, 2.24) is 14.8 Å². The maximum Gasteiger partial charge on any atom is 0.137 e. The zero-order valence-corrected chi connectivity index (χ0v) is 8.27. The smallest absolute Gasteiger partial charge is 0.137 e. The van der Waals surface area contributed by atoms with E-state index in [0.29, 0.717) is 5.82 Å². The second-order valence-electron chi connectivity index (χ2n) is 2.51. The molecule has 5 heteroatoms. The van der Waals surface area contributed by atoms with E-state index in [1.807, 2.05) is 18.3 Å². The molecular weight excluding hydrogens is 232 g/mol. The minimum absolute atomic E-state index is 0.482. The van der Waals surface area contributed by atoms with Gasteiger partial charge >= 0.3 is 0 Å². The van der Waals surface area contributed by atoms with E-state index in [9.17, 15) is 0 Å². The van der Waals surface area contributed by atoms with E-state index in [1.54, 1.807) is 17.1 Å². The first-order valence-corrected chi connectivity index (χ1v) is 4.48. The predicted molar refractivity (Wildman–Crippen MR) is 53.5 cm³/mol. The summed E-state index contributed by atoms with van der Waals surface area (Å²) in [6.07, 6.45) is 5.23. The average Bonchev–Trinajstić information content (AvgIpc) is 2.62. The van der Waals surface area contributed by atoms with Crippen LogP contribution in [0.25, 0.3) is 5.69 Å². The fraction of sp³-hybridized carbons (Fsp3) is 0. The molecule has 66 valence electrons. The minimum atomic E-state index is 0.482. The van der Waals surface area contributed by atoms with Crippen LogP contribution in [-0.4, -0.2) is 14.8 Å². The summed E-state index contributed by atoms with van der Waals surface area (Å²) in [7, 11) is 0. The van der Waals surface area contributed by atoms with Gasteiger partial charge in [-0.1, -0.05) is 0 Å². The highest BCUT2D eigenvalue weighted by Gasteiger charge is 2.00. The Balaban J connectivity index is 2.49. The van der Waals surface area contributed by atoms with Crippen LogP contribution in [-0.2, 0) is 0 Å². The van der Waals surface area contributed by atoms with Gasteiger partial charge in [-0.05, 0) is 28.1 Å². The molecule has 0 saturated carbocycles. The van der Waals surface area contributed by atoms with Gasteiger partial charge in [-0.25, -0.2) is 9.67 Å². The summed E-state index contributed by atoms with van der Waals surface area (Å²) in [6, 6.07) is 3.72. The molecule has 0 bridgehead atoms. The fourth-order valence-corrected chi connectivity index (χ4v) is 1.32. The molecule has 0 radical (unpaired) electrons. The van der Waals surface area contributed by atoms with Crippen molar-refractivity contribution in [2.75, 3.05) is 5.73 Å². The van der Waals surface area contributed by atoms with Crippen LogP contribution in [0.2, 0.25) is 0 Å². The number of hydrogen-bond acceptors (Lipinski definition) is 3. The summed E-state index contributed by atoms with van der Waals surface area (Å²) in [6.45, 7) is 0. The number of hydrogen-bond donors (Lipinski definition) is 1. The van der Waals surface area contributed by atoms with Crippen LogP contribution >= 0.6 is 15.9 Å². The third-order valence-corrected chi connectivity index (χ3v) is 2.26. The molecule has 2 heterocycles. The summed E-state index contributed by atoms with van der Waals surface area (Å²) in [5.74, 6) is 0.482. The molecule has 0 aliphatic heterocycles. The first-order chi connectivity index (χ1) is 6.27. The highest BCUT2D eigenvalue weighted by molar-refractivity contribution is 9.10. The number of anilines is 1. The Morgan fingerprint density at radius 3 is 2.92 bits per heavy atom. The van der Waals surface area contributed by atoms with Gasteiger partial charge in [-0.2, -0.15) is 5.10 Å². The lowest BCUT2D eigenvalue weighted by atomic mass is 10.4. The summed E-state index contributed by atoms with van der Waals surface area (Å²) in [5.41, 5.74) is 6.44. The number of rotatable bonds is 1. The van der Waals surface area contributed by atoms with Gasteiger partial charge in [0.25, 0.3) is 0 Å². The molecule has 0 aliphatic carbocycles. The van der Waals surface area contributed by atoms with Crippen molar-refractivity contribution in [3.05, 3.63) is 35.2 Å². The van der Waals surface area contributed by atoms with E-state index in [2.05, 4.69) is 26.0 Å². The van der Waals surface area contributed by atoms with Crippen LogP contribution < -0.4 is 5.73 Å². The van der Waals surface area contributed by atoms with Crippen LogP contribution in [0.4, 0.5) is 5.82 Å². The molecule has 2 aromatic heterocycles. The van der Waals surface area contributed by atoms with E-state index < -0.39 is 0 Å².